The molecule has 6 nitrogen and oxygen atoms in total. The maximum Gasteiger partial charge on any atom is 0.322 e. The van der Waals surface area contributed by atoms with E-state index < -0.39 is 0 Å². The molecule has 1 unspecified atom stereocenters. The average Bonchev–Trinajstić information content (AvgIpc) is 2.35. The number of nitrogens with zero attached hydrogens (tertiary/aromatic N) is 5. The molecular weight excluding hydrogens is 254 g/mol. The van der Waals surface area contributed by atoms with Crippen LogP contribution in [0.1, 0.15) is 20.3 Å². The van der Waals surface area contributed by atoms with Gasteiger partial charge in [-0.15, -0.1) is 0 Å². The second kappa shape index (κ2) is 6.97. The van der Waals surface area contributed by atoms with Gasteiger partial charge in [-0.05, 0) is 24.9 Å². The monoisotopic (exact) mass is 269 g/mol. The van der Waals surface area contributed by atoms with Crippen LogP contribution < -0.4 is 9.64 Å². The minimum Gasteiger partial charge on any atom is -0.463 e. The summed E-state index contributed by atoms with van der Waals surface area (Å²) < 4.78 is 5.32. The van der Waals surface area contributed by atoms with Crippen molar-refractivity contribution in [1.29, 1.82) is 5.26 Å². The van der Waals surface area contributed by atoms with Gasteiger partial charge in [-0.3, -0.25) is 0 Å². The molecular formula is C11H16ClN5O. The Hall–Kier alpha value is -1.61. The highest BCUT2D eigenvalue weighted by atomic mass is 35.5. The van der Waals surface area contributed by atoms with Crippen LogP contribution in [0.5, 0.6) is 6.01 Å². The fourth-order valence-corrected chi connectivity index (χ4v) is 1.43. The van der Waals surface area contributed by atoms with E-state index in [1.807, 2.05) is 13.8 Å². The third-order valence-electron chi connectivity index (χ3n) is 2.12. The number of nitriles is 1. The highest BCUT2D eigenvalue weighted by Gasteiger charge is 2.12. The van der Waals surface area contributed by atoms with Gasteiger partial charge in [0.15, 0.2) is 0 Å². The van der Waals surface area contributed by atoms with Crippen molar-refractivity contribution in [2.24, 2.45) is 5.92 Å². The number of ether oxygens (including phenoxy) is 1. The van der Waals surface area contributed by atoms with Gasteiger partial charge < -0.3 is 9.64 Å². The molecule has 0 saturated carbocycles. The number of hydrogen-bond acceptors (Lipinski definition) is 6. The maximum absolute atomic E-state index is 8.78. The van der Waals surface area contributed by atoms with Gasteiger partial charge >= 0.3 is 6.01 Å². The lowest BCUT2D eigenvalue weighted by Crippen LogP contribution is -2.25. The number of hydrogen-bond donors (Lipinski definition) is 0. The van der Waals surface area contributed by atoms with E-state index in [0.29, 0.717) is 19.1 Å². The Morgan fingerprint density at radius 1 is 1.44 bits per heavy atom. The first-order valence-electron chi connectivity index (χ1n) is 5.72. The molecule has 0 aliphatic rings. The number of aromatic nitrogens is 3. The van der Waals surface area contributed by atoms with E-state index >= 15 is 0 Å². The summed E-state index contributed by atoms with van der Waals surface area (Å²) in [6.07, 6.45) is 0.861. The molecule has 18 heavy (non-hydrogen) atoms. The smallest absolute Gasteiger partial charge is 0.322 e. The maximum atomic E-state index is 8.78. The van der Waals surface area contributed by atoms with Crippen LogP contribution in [0.4, 0.5) is 5.95 Å². The third-order valence-corrected chi connectivity index (χ3v) is 2.29. The van der Waals surface area contributed by atoms with Crippen LogP contribution >= 0.6 is 11.6 Å². The molecule has 1 rings (SSSR count). The number of anilines is 1. The summed E-state index contributed by atoms with van der Waals surface area (Å²) in [4.78, 5) is 13.8. The van der Waals surface area contributed by atoms with Crippen LogP contribution in [0, 0.1) is 17.2 Å². The summed E-state index contributed by atoms with van der Waals surface area (Å²) in [5.41, 5.74) is 0. The molecule has 0 N–H and O–H groups in total. The normalized spacial score (nSPS) is 11.7. The fraction of sp³-hybridized carbons (Fsp3) is 0.636. The van der Waals surface area contributed by atoms with Crippen molar-refractivity contribution in [2.45, 2.75) is 20.3 Å². The molecule has 0 amide bonds. The molecule has 0 bridgehead atoms. The summed E-state index contributed by atoms with van der Waals surface area (Å²) >= 11 is 5.81. The lowest BCUT2D eigenvalue weighted by atomic mass is 10.2. The minimum atomic E-state index is -0.120. The van der Waals surface area contributed by atoms with Gasteiger partial charge in [0, 0.05) is 13.6 Å². The predicted octanol–water partition coefficient (Wildman–Crippen LogP) is 1.91. The molecule has 7 heteroatoms. The van der Waals surface area contributed by atoms with E-state index in [0.717, 1.165) is 6.42 Å². The summed E-state index contributed by atoms with van der Waals surface area (Å²) in [6.45, 7) is 4.86. The molecule has 0 aliphatic heterocycles. The molecule has 0 aromatic carbocycles. The van der Waals surface area contributed by atoms with Gasteiger partial charge in [-0.2, -0.15) is 20.2 Å². The third kappa shape index (κ3) is 4.34. The highest BCUT2D eigenvalue weighted by molar-refractivity contribution is 6.28. The van der Waals surface area contributed by atoms with E-state index in [2.05, 4.69) is 21.0 Å². The predicted molar refractivity (Wildman–Crippen MR) is 68.7 cm³/mol. The van der Waals surface area contributed by atoms with Crippen molar-refractivity contribution >= 4 is 17.5 Å². The van der Waals surface area contributed by atoms with E-state index in [4.69, 9.17) is 21.6 Å². The van der Waals surface area contributed by atoms with Crippen molar-refractivity contribution in [3.63, 3.8) is 0 Å². The minimum absolute atomic E-state index is 0.0857. The van der Waals surface area contributed by atoms with Crippen molar-refractivity contribution in [3.8, 4) is 12.1 Å². The summed E-state index contributed by atoms with van der Waals surface area (Å²) in [6, 6.07) is 2.36. The Morgan fingerprint density at radius 3 is 2.78 bits per heavy atom. The van der Waals surface area contributed by atoms with Crippen LogP contribution in [0.2, 0.25) is 5.28 Å². The van der Waals surface area contributed by atoms with Gasteiger partial charge in [-0.1, -0.05) is 6.92 Å². The average molecular weight is 270 g/mol. The molecule has 1 atom stereocenters. The lowest BCUT2D eigenvalue weighted by Gasteiger charge is -2.18. The summed E-state index contributed by atoms with van der Waals surface area (Å²) in [7, 11) is 1.79. The molecule has 1 aromatic rings. The Bertz CT molecular complexity index is 434. The van der Waals surface area contributed by atoms with Gasteiger partial charge in [0.05, 0.1) is 18.6 Å². The van der Waals surface area contributed by atoms with Crippen LogP contribution in [0.25, 0.3) is 0 Å². The molecule has 0 aliphatic carbocycles. The van der Waals surface area contributed by atoms with Crippen molar-refractivity contribution in [3.05, 3.63) is 5.28 Å². The Balaban J connectivity index is 2.81. The number of rotatable bonds is 6. The molecule has 0 fully saturated rings. The first-order chi connectivity index (χ1) is 8.56. The molecule has 1 aromatic heterocycles. The molecule has 98 valence electrons. The highest BCUT2D eigenvalue weighted by Crippen LogP contribution is 2.15. The van der Waals surface area contributed by atoms with E-state index in [-0.39, 0.29) is 17.2 Å². The van der Waals surface area contributed by atoms with Crippen molar-refractivity contribution < 1.29 is 4.74 Å². The van der Waals surface area contributed by atoms with Gasteiger partial charge in [0.1, 0.15) is 0 Å². The Morgan fingerprint density at radius 2 is 2.17 bits per heavy atom. The van der Waals surface area contributed by atoms with Crippen LogP contribution in [0.15, 0.2) is 0 Å². The van der Waals surface area contributed by atoms with E-state index in [1.165, 1.54) is 0 Å². The topological polar surface area (TPSA) is 74.9 Å². The SMILES string of the molecule is CCCOc1nc(Cl)nc(N(C)CC(C)C#N)n1. The zero-order valence-corrected chi connectivity index (χ0v) is 11.5. The van der Waals surface area contributed by atoms with Gasteiger partial charge in [0.25, 0.3) is 0 Å². The fourth-order valence-electron chi connectivity index (χ4n) is 1.28. The van der Waals surface area contributed by atoms with Crippen LogP contribution in [-0.2, 0) is 0 Å². The van der Waals surface area contributed by atoms with E-state index in [1.54, 1.807) is 11.9 Å². The van der Waals surface area contributed by atoms with Crippen LogP contribution in [0.3, 0.4) is 0 Å². The standard InChI is InChI=1S/C11H16ClN5O/c1-4-5-18-11-15-9(12)14-10(16-11)17(3)7-8(2)6-13/h8H,4-5,7H2,1-3H3. The van der Waals surface area contributed by atoms with Crippen molar-refractivity contribution in [1.82, 2.24) is 15.0 Å². The zero-order chi connectivity index (χ0) is 13.5. The molecule has 0 spiro atoms. The first-order valence-corrected chi connectivity index (χ1v) is 6.09. The summed E-state index contributed by atoms with van der Waals surface area (Å²) in [5.74, 6) is 0.286. The largest absolute Gasteiger partial charge is 0.463 e. The molecule has 1 heterocycles. The quantitative estimate of drug-likeness (QED) is 0.785. The second-order valence-corrected chi connectivity index (χ2v) is 4.28. The number of halogens is 1. The lowest BCUT2D eigenvalue weighted by molar-refractivity contribution is 0.291. The molecule has 0 radical (unpaired) electrons. The van der Waals surface area contributed by atoms with E-state index in [9.17, 15) is 0 Å². The van der Waals surface area contributed by atoms with Gasteiger partial charge in [0.2, 0.25) is 11.2 Å². The first kappa shape index (κ1) is 14.5. The van der Waals surface area contributed by atoms with Crippen LogP contribution in [-0.4, -0.2) is 35.2 Å². The van der Waals surface area contributed by atoms with Crippen molar-refractivity contribution in [2.75, 3.05) is 25.1 Å². The zero-order valence-electron chi connectivity index (χ0n) is 10.7. The Labute approximate surface area is 112 Å². The van der Waals surface area contributed by atoms with Gasteiger partial charge in [-0.25, -0.2) is 0 Å². The molecule has 0 saturated heterocycles. The second-order valence-electron chi connectivity index (χ2n) is 3.95. The Kier molecular flexibility index (Phi) is 5.59. The summed E-state index contributed by atoms with van der Waals surface area (Å²) in [5, 5.41) is 8.86.